The van der Waals surface area contributed by atoms with Crippen LogP contribution in [0.4, 0.5) is 0 Å². The van der Waals surface area contributed by atoms with Gasteiger partial charge in [-0.05, 0) is 22.3 Å². The van der Waals surface area contributed by atoms with Gasteiger partial charge in [0, 0.05) is 0 Å². The molecule has 234 valence electrons. The lowest BCUT2D eigenvalue weighted by Gasteiger charge is -2.45. The lowest BCUT2D eigenvalue weighted by molar-refractivity contribution is -0.260. The first-order chi connectivity index (χ1) is 22.2. The highest BCUT2D eigenvalue weighted by molar-refractivity contribution is 5.49. The van der Waals surface area contributed by atoms with Gasteiger partial charge in [-0.2, -0.15) is 0 Å². The molecule has 0 spiro atoms. The van der Waals surface area contributed by atoms with Crippen molar-refractivity contribution < 1.29 is 28.4 Å². The van der Waals surface area contributed by atoms with Crippen molar-refractivity contribution >= 4 is 6.08 Å². The Hall–Kier alpha value is -4.04. The summed E-state index contributed by atoms with van der Waals surface area (Å²) in [4.78, 5) is 0. The Morgan fingerprint density at radius 3 is 1.71 bits per heavy atom. The Kier molecular flexibility index (Phi) is 12.5. The van der Waals surface area contributed by atoms with Crippen LogP contribution < -0.4 is 0 Å². The minimum absolute atomic E-state index is 0.186. The van der Waals surface area contributed by atoms with Gasteiger partial charge in [0.05, 0.1) is 33.5 Å². The van der Waals surface area contributed by atoms with Crippen LogP contribution >= 0.6 is 0 Å². The van der Waals surface area contributed by atoms with Gasteiger partial charge in [-0.15, -0.1) is 0 Å². The molecule has 1 heterocycles. The standard InChI is InChI=1S/C39H42O6/c1-30(40-2)25-42-37-35(24-23-31-15-7-3-8-16-31)45-36(29-41-26-32-17-9-4-10-18-32)38(43-27-33-19-11-5-12-20-33)39(37)44-28-34-21-13-6-14-22-34/h3-24,35-39H,1,25-29H2,2H3/b24-23-/t35-,36+,37-,38+,39+/m0/s1. The summed E-state index contributed by atoms with van der Waals surface area (Å²) in [6.07, 6.45) is 1.67. The number of rotatable bonds is 16. The second-order valence-electron chi connectivity index (χ2n) is 11.0. The quantitative estimate of drug-likeness (QED) is 0.124. The summed E-state index contributed by atoms with van der Waals surface area (Å²) in [5.41, 5.74) is 4.26. The maximum atomic E-state index is 6.80. The third-order valence-electron chi connectivity index (χ3n) is 7.64. The SMILES string of the molecule is C=C(CO[C@@H]1[C@@H](OCc2ccccc2)[C@H](OCc2ccccc2)[C@@H](COCc2ccccc2)O[C@H]1/C=C\c1ccccc1)OC. The summed E-state index contributed by atoms with van der Waals surface area (Å²) < 4.78 is 38.3. The fourth-order valence-corrected chi connectivity index (χ4v) is 5.23. The fourth-order valence-electron chi connectivity index (χ4n) is 5.23. The van der Waals surface area contributed by atoms with Crippen LogP contribution in [-0.4, -0.2) is 50.8 Å². The average molecular weight is 607 g/mol. The zero-order valence-corrected chi connectivity index (χ0v) is 25.8. The Morgan fingerprint density at radius 2 is 1.16 bits per heavy atom. The van der Waals surface area contributed by atoms with Gasteiger partial charge >= 0.3 is 0 Å². The van der Waals surface area contributed by atoms with Crippen molar-refractivity contribution in [1.29, 1.82) is 0 Å². The summed E-state index contributed by atoms with van der Waals surface area (Å²) in [6, 6.07) is 40.5. The smallest absolute Gasteiger partial charge is 0.117 e. The second kappa shape index (κ2) is 17.4. The Balaban J connectivity index is 1.45. The molecule has 0 N–H and O–H groups in total. The molecule has 45 heavy (non-hydrogen) atoms. The fraction of sp³-hybridized carbons (Fsp3) is 0.282. The molecule has 4 aromatic rings. The first kappa shape index (κ1) is 32.4. The summed E-state index contributed by atoms with van der Waals surface area (Å²) in [7, 11) is 1.59. The highest BCUT2D eigenvalue weighted by atomic mass is 16.6. The topological polar surface area (TPSA) is 55.4 Å². The summed E-state index contributed by atoms with van der Waals surface area (Å²) in [5.74, 6) is 0.512. The Labute approximate surface area is 266 Å². The van der Waals surface area contributed by atoms with Crippen LogP contribution in [0, 0.1) is 0 Å². The van der Waals surface area contributed by atoms with E-state index in [9.17, 15) is 0 Å². The molecule has 0 amide bonds. The Bertz CT molecular complexity index is 1430. The highest BCUT2D eigenvalue weighted by Gasteiger charge is 2.47. The van der Waals surface area contributed by atoms with Crippen molar-refractivity contribution in [3.8, 4) is 0 Å². The van der Waals surface area contributed by atoms with Gasteiger partial charge in [0.1, 0.15) is 42.9 Å². The molecule has 5 rings (SSSR count). The van der Waals surface area contributed by atoms with Gasteiger partial charge < -0.3 is 28.4 Å². The van der Waals surface area contributed by atoms with Crippen LogP contribution in [0.25, 0.3) is 6.08 Å². The van der Waals surface area contributed by atoms with E-state index in [0.29, 0.717) is 32.2 Å². The zero-order chi connectivity index (χ0) is 31.1. The lowest BCUT2D eigenvalue weighted by atomic mass is 9.93. The molecule has 6 nitrogen and oxygen atoms in total. The van der Waals surface area contributed by atoms with Crippen LogP contribution in [-0.2, 0) is 48.2 Å². The summed E-state index contributed by atoms with van der Waals surface area (Å²) in [6.45, 7) is 5.70. The molecule has 0 saturated carbocycles. The number of hydrogen-bond donors (Lipinski definition) is 0. The molecule has 6 heteroatoms. The van der Waals surface area contributed by atoms with Crippen LogP contribution in [0.5, 0.6) is 0 Å². The molecule has 1 aliphatic rings. The number of hydrogen-bond acceptors (Lipinski definition) is 6. The molecule has 5 atom stereocenters. The molecule has 0 unspecified atom stereocenters. The van der Waals surface area contributed by atoms with Crippen molar-refractivity contribution in [3.05, 3.63) is 162 Å². The van der Waals surface area contributed by atoms with Gasteiger partial charge in [-0.1, -0.05) is 140 Å². The van der Waals surface area contributed by atoms with E-state index >= 15 is 0 Å². The van der Waals surface area contributed by atoms with E-state index in [0.717, 1.165) is 22.3 Å². The molecule has 0 bridgehead atoms. The van der Waals surface area contributed by atoms with E-state index in [2.05, 4.69) is 43.0 Å². The molecular formula is C39H42O6. The van der Waals surface area contributed by atoms with Gasteiger partial charge in [-0.3, -0.25) is 0 Å². The number of benzene rings is 4. The van der Waals surface area contributed by atoms with Crippen LogP contribution in [0.1, 0.15) is 22.3 Å². The normalized spacial score (nSPS) is 21.5. The Morgan fingerprint density at radius 1 is 0.644 bits per heavy atom. The molecule has 4 aromatic carbocycles. The predicted molar refractivity (Wildman–Crippen MR) is 176 cm³/mol. The molecule has 0 aromatic heterocycles. The van der Waals surface area contributed by atoms with E-state index in [1.165, 1.54) is 0 Å². The molecule has 0 radical (unpaired) electrons. The van der Waals surface area contributed by atoms with E-state index in [1.54, 1.807) is 7.11 Å². The molecule has 0 aliphatic carbocycles. The van der Waals surface area contributed by atoms with Crippen molar-refractivity contribution in [2.75, 3.05) is 20.3 Å². The predicted octanol–water partition coefficient (Wildman–Crippen LogP) is 7.40. The van der Waals surface area contributed by atoms with Crippen LogP contribution in [0.15, 0.2) is 140 Å². The average Bonchev–Trinajstić information content (AvgIpc) is 3.10. The van der Waals surface area contributed by atoms with Gasteiger partial charge in [0.2, 0.25) is 0 Å². The minimum Gasteiger partial charge on any atom is -0.499 e. The maximum absolute atomic E-state index is 6.80. The van der Waals surface area contributed by atoms with Gasteiger partial charge in [-0.25, -0.2) is 0 Å². The van der Waals surface area contributed by atoms with E-state index in [4.69, 9.17) is 28.4 Å². The van der Waals surface area contributed by atoms with E-state index < -0.39 is 30.5 Å². The first-order valence-electron chi connectivity index (χ1n) is 15.3. The van der Waals surface area contributed by atoms with Crippen LogP contribution in [0.2, 0.25) is 0 Å². The third-order valence-corrected chi connectivity index (χ3v) is 7.64. The second-order valence-corrected chi connectivity index (χ2v) is 11.0. The highest BCUT2D eigenvalue weighted by Crippen LogP contribution is 2.31. The summed E-state index contributed by atoms with van der Waals surface area (Å²) >= 11 is 0. The monoisotopic (exact) mass is 606 g/mol. The zero-order valence-electron chi connectivity index (χ0n) is 25.8. The number of methoxy groups -OCH3 is 1. The van der Waals surface area contributed by atoms with Crippen molar-refractivity contribution in [2.45, 2.75) is 50.3 Å². The first-order valence-corrected chi connectivity index (χ1v) is 15.3. The lowest BCUT2D eigenvalue weighted by Crippen LogP contribution is -2.60. The maximum Gasteiger partial charge on any atom is 0.117 e. The van der Waals surface area contributed by atoms with Crippen molar-refractivity contribution in [3.63, 3.8) is 0 Å². The van der Waals surface area contributed by atoms with Crippen molar-refractivity contribution in [1.82, 2.24) is 0 Å². The number of ether oxygens (including phenoxy) is 6. The van der Waals surface area contributed by atoms with Gasteiger partial charge in [0.25, 0.3) is 0 Å². The molecule has 1 aliphatic heterocycles. The molecular weight excluding hydrogens is 564 g/mol. The molecule has 1 fully saturated rings. The van der Waals surface area contributed by atoms with Crippen LogP contribution in [0.3, 0.4) is 0 Å². The molecule has 1 saturated heterocycles. The van der Waals surface area contributed by atoms with E-state index in [1.807, 2.05) is 97.1 Å². The van der Waals surface area contributed by atoms with Gasteiger partial charge in [0.15, 0.2) is 0 Å². The minimum atomic E-state index is -0.522. The largest absolute Gasteiger partial charge is 0.499 e. The summed E-state index contributed by atoms with van der Waals surface area (Å²) in [5, 5.41) is 0. The van der Waals surface area contributed by atoms with E-state index in [-0.39, 0.29) is 6.61 Å². The third kappa shape index (κ3) is 9.98. The van der Waals surface area contributed by atoms with Crippen molar-refractivity contribution in [2.24, 2.45) is 0 Å².